The van der Waals surface area contributed by atoms with Crippen molar-refractivity contribution < 1.29 is 14.7 Å². The Bertz CT molecular complexity index is 1500. The van der Waals surface area contributed by atoms with Crippen molar-refractivity contribution in [1.29, 1.82) is 0 Å². The molecule has 0 bridgehead atoms. The number of amides is 1. The zero-order chi connectivity index (χ0) is 24.1. The van der Waals surface area contributed by atoms with Crippen LogP contribution in [0.25, 0.3) is 16.7 Å². The number of hydrogen-bond donors (Lipinski definition) is 1. The van der Waals surface area contributed by atoms with Crippen molar-refractivity contribution in [3.05, 3.63) is 105 Å². The van der Waals surface area contributed by atoms with Crippen LogP contribution in [0.5, 0.6) is 0 Å². The lowest BCUT2D eigenvalue weighted by atomic mass is 9.94. The number of aliphatic hydroxyl groups excluding tert-OH is 1. The topological polar surface area (TPSA) is 62.5 Å². The third-order valence-corrected chi connectivity index (χ3v) is 7.34. The van der Waals surface area contributed by atoms with Gasteiger partial charge in [-0.2, -0.15) is 0 Å². The Morgan fingerprint density at radius 1 is 1.03 bits per heavy atom. The molecule has 0 saturated carbocycles. The number of fused-ring (bicyclic) bond motifs is 1. The molecule has 5 nitrogen and oxygen atoms in total. The number of aliphatic hydroxyl groups is 1. The zero-order valence-electron chi connectivity index (χ0n) is 18.4. The summed E-state index contributed by atoms with van der Waals surface area (Å²) in [6.07, 6.45) is 1.91. The van der Waals surface area contributed by atoms with Gasteiger partial charge in [-0.1, -0.05) is 51.8 Å². The molecule has 1 aliphatic heterocycles. The molecule has 1 aliphatic rings. The Morgan fingerprint density at radius 2 is 1.74 bits per heavy atom. The Labute approximate surface area is 210 Å². The van der Waals surface area contributed by atoms with Gasteiger partial charge in [0.25, 0.3) is 11.7 Å². The maximum atomic E-state index is 13.4. The predicted molar refractivity (Wildman–Crippen MR) is 138 cm³/mol. The first-order chi connectivity index (χ1) is 16.3. The fourth-order valence-corrected chi connectivity index (χ4v) is 4.91. The van der Waals surface area contributed by atoms with Crippen molar-refractivity contribution in [3.8, 4) is 0 Å². The van der Waals surface area contributed by atoms with E-state index in [0.29, 0.717) is 16.3 Å². The highest BCUT2D eigenvalue weighted by Gasteiger charge is 2.47. The highest BCUT2D eigenvalue weighted by Crippen LogP contribution is 2.45. The maximum absolute atomic E-state index is 13.4. The molecule has 1 aromatic heterocycles. The van der Waals surface area contributed by atoms with E-state index in [1.165, 1.54) is 4.90 Å². The van der Waals surface area contributed by atoms with E-state index >= 15 is 0 Å². The fourth-order valence-electron chi connectivity index (χ4n) is 4.53. The first-order valence-electron chi connectivity index (χ1n) is 10.6. The summed E-state index contributed by atoms with van der Waals surface area (Å²) in [5.74, 6) is -1.63. The van der Waals surface area contributed by atoms with Crippen LogP contribution in [0.2, 0.25) is 5.02 Å². The average Bonchev–Trinajstić information content (AvgIpc) is 3.29. The average molecular weight is 536 g/mol. The van der Waals surface area contributed by atoms with Gasteiger partial charge < -0.3 is 9.67 Å². The lowest BCUT2D eigenvalue weighted by Gasteiger charge is -2.25. The van der Waals surface area contributed by atoms with Crippen LogP contribution < -0.4 is 4.90 Å². The number of nitrogens with zero attached hydrogens (tertiary/aromatic N) is 2. The van der Waals surface area contributed by atoms with Gasteiger partial charge in [-0.05, 0) is 55.0 Å². The number of aryl methyl sites for hydroxylation is 2. The summed E-state index contributed by atoms with van der Waals surface area (Å²) in [5, 5.41) is 12.8. The van der Waals surface area contributed by atoms with E-state index in [1.807, 2.05) is 55.1 Å². The molecule has 0 radical (unpaired) electrons. The van der Waals surface area contributed by atoms with Crippen molar-refractivity contribution in [2.75, 3.05) is 4.90 Å². The Kier molecular flexibility index (Phi) is 5.58. The van der Waals surface area contributed by atoms with Gasteiger partial charge >= 0.3 is 0 Å². The molecule has 4 aromatic rings. The summed E-state index contributed by atoms with van der Waals surface area (Å²) in [5.41, 5.74) is 3.66. The summed E-state index contributed by atoms with van der Waals surface area (Å²) in [4.78, 5) is 28.2. The number of halogens is 2. The van der Waals surface area contributed by atoms with Crippen LogP contribution in [0, 0.1) is 6.92 Å². The second kappa shape index (κ2) is 8.46. The number of hydrogen-bond acceptors (Lipinski definition) is 3. The number of ketones is 1. The second-order valence-electron chi connectivity index (χ2n) is 8.32. The van der Waals surface area contributed by atoms with Gasteiger partial charge in [-0.3, -0.25) is 14.5 Å². The van der Waals surface area contributed by atoms with Gasteiger partial charge in [0.1, 0.15) is 5.76 Å². The van der Waals surface area contributed by atoms with Crippen LogP contribution in [-0.2, 0) is 16.6 Å². The molecule has 1 saturated heterocycles. The molecule has 2 heterocycles. The third-order valence-electron chi connectivity index (χ3n) is 6.20. The molecule has 1 amide bonds. The Balaban J connectivity index is 1.80. The minimum absolute atomic E-state index is 0.0537. The lowest BCUT2D eigenvalue weighted by molar-refractivity contribution is -0.132. The largest absolute Gasteiger partial charge is 0.507 e. The van der Waals surface area contributed by atoms with Crippen LogP contribution in [0.4, 0.5) is 5.69 Å². The molecule has 1 atom stereocenters. The van der Waals surface area contributed by atoms with Crippen molar-refractivity contribution in [2.45, 2.75) is 13.0 Å². The molecule has 1 N–H and O–H groups in total. The smallest absolute Gasteiger partial charge is 0.300 e. The number of benzene rings is 3. The lowest BCUT2D eigenvalue weighted by Crippen LogP contribution is -2.29. The van der Waals surface area contributed by atoms with E-state index < -0.39 is 17.7 Å². The quantitative estimate of drug-likeness (QED) is 0.184. The van der Waals surface area contributed by atoms with Gasteiger partial charge in [-0.25, -0.2) is 0 Å². The SMILES string of the molecule is Cc1cc(/C(O)=C2\C(=O)C(=O)N(c3ccc(Cl)cc3)C2c2cn(C)c3ccccc23)ccc1Br. The normalized spacial score (nSPS) is 17.6. The molecule has 170 valence electrons. The fraction of sp³-hybridized carbons (Fsp3) is 0.111. The van der Waals surface area contributed by atoms with Gasteiger partial charge in [0.15, 0.2) is 0 Å². The number of carbonyl (C=O) groups is 2. The molecule has 1 unspecified atom stereocenters. The van der Waals surface area contributed by atoms with Gasteiger partial charge in [-0.15, -0.1) is 0 Å². The van der Waals surface area contributed by atoms with E-state index in [2.05, 4.69) is 15.9 Å². The predicted octanol–water partition coefficient (Wildman–Crippen LogP) is 6.53. The number of rotatable bonds is 3. The first-order valence-corrected chi connectivity index (χ1v) is 11.8. The van der Waals surface area contributed by atoms with Crippen LogP contribution in [-0.4, -0.2) is 21.4 Å². The van der Waals surface area contributed by atoms with Crippen LogP contribution in [0.1, 0.15) is 22.7 Å². The van der Waals surface area contributed by atoms with E-state index in [4.69, 9.17) is 11.6 Å². The van der Waals surface area contributed by atoms with E-state index in [0.717, 1.165) is 26.5 Å². The molecular weight excluding hydrogens is 516 g/mol. The van der Waals surface area contributed by atoms with Crippen molar-refractivity contribution in [3.63, 3.8) is 0 Å². The minimum Gasteiger partial charge on any atom is -0.507 e. The molecular formula is C27H20BrClN2O3. The zero-order valence-corrected chi connectivity index (χ0v) is 20.8. The third kappa shape index (κ3) is 3.54. The van der Waals surface area contributed by atoms with E-state index in [-0.39, 0.29) is 11.3 Å². The highest BCUT2D eigenvalue weighted by atomic mass is 79.9. The number of Topliss-reactive ketones (excluding diaryl/α,β-unsaturated/α-hetero) is 1. The van der Waals surface area contributed by atoms with Crippen LogP contribution >= 0.6 is 27.5 Å². The maximum Gasteiger partial charge on any atom is 0.300 e. The summed E-state index contributed by atoms with van der Waals surface area (Å²) < 4.78 is 2.84. The van der Waals surface area contributed by atoms with Crippen molar-refractivity contribution in [2.24, 2.45) is 7.05 Å². The molecule has 7 heteroatoms. The summed E-state index contributed by atoms with van der Waals surface area (Å²) in [6, 6.07) is 19.1. The van der Waals surface area contributed by atoms with Crippen LogP contribution in [0.3, 0.4) is 0 Å². The second-order valence-corrected chi connectivity index (χ2v) is 9.61. The number of para-hydroxylation sites is 1. The monoisotopic (exact) mass is 534 g/mol. The molecule has 3 aromatic carbocycles. The van der Waals surface area contributed by atoms with Gasteiger partial charge in [0.2, 0.25) is 0 Å². The summed E-state index contributed by atoms with van der Waals surface area (Å²) in [7, 11) is 1.92. The number of anilines is 1. The highest BCUT2D eigenvalue weighted by molar-refractivity contribution is 9.10. The number of carbonyl (C=O) groups excluding carboxylic acids is 2. The summed E-state index contributed by atoms with van der Waals surface area (Å²) >= 11 is 9.55. The van der Waals surface area contributed by atoms with Crippen molar-refractivity contribution >= 4 is 61.6 Å². The molecule has 34 heavy (non-hydrogen) atoms. The summed E-state index contributed by atoms with van der Waals surface area (Å²) in [6.45, 7) is 1.90. The Morgan fingerprint density at radius 3 is 2.44 bits per heavy atom. The first kappa shape index (κ1) is 22.4. The Hall–Kier alpha value is -3.35. The minimum atomic E-state index is -0.809. The van der Waals surface area contributed by atoms with Crippen molar-refractivity contribution in [1.82, 2.24) is 4.57 Å². The standard InChI is InChI=1S/C27H20BrClN2O3/c1-15-13-16(7-12-21(15)28)25(32)23-24(20-14-30(2)22-6-4-3-5-19(20)22)31(27(34)26(23)33)18-10-8-17(29)9-11-18/h3-14,24,32H,1-2H3/b25-23+. The van der Waals surface area contributed by atoms with Gasteiger partial charge in [0.05, 0.1) is 11.6 Å². The molecule has 0 aliphatic carbocycles. The van der Waals surface area contributed by atoms with E-state index in [1.54, 1.807) is 36.4 Å². The molecule has 1 fully saturated rings. The molecule has 5 rings (SSSR count). The van der Waals surface area contributed by atoms with Gasteiger partial charge in [0, 0.05) is 50.5 Å². The van der Waals surface area contributed by atoms with Crippen LogP contribution in [0.15, 0.2) is 83.0 Å². The molecule has 0 spiro atoms. The number of aromatic nitrogens is 1. The van der Waals surface area contributed by atoms with E-state index in [9.17, 15) is 14.7 Å².